The van der Waals surface area contributed by atoms with Crippen LogP contribution >= 0.6 is 0 Å². The van der Waals surface area contributed by atoms with E-state index in [9.17, 15) is 4.79 Å². The summed E-state index contributed by atoms with van der Waals surface area (Å²) in [7, 11) is 0. The van der Waals surface area contributed by atoms with Crippen LogP contribution in [0, 0.1) is 0 Å². The summed E-state index contributed by atoms with van der Waals surface area (Å²) in [5.41, 5.74) is 9.75. The summed E-state index contributed by atoms with van der Waals surface area (Å²) in [6, 6.07) is 8.32. The summed E-state index contributed by atoms with van der Waals surface area (Å²) in [5, 5.41) is 1.27. The number of carbonyl (C=O) groups is 1. The van der Waals surface area contributed by atoms with Crippen molar-refractivity contribution in [1.82, 2.24) is 9.88 Å². The van der Waals surface area contributed by atoms with Crippen molar-refractivity contribution in [2.45, 2.75) is 19.8 Å². The first-order valence-corrected chi connectivity index (χ1v) is 8.11. The van der Waals surface area contributed by atoms with Gasteiger partial charge in [-0.1, -0.05) is 18.2 Å². The number of ether oxygens (including phenoxy) is 1. The van der Waals surface area contributed by atoms with Gasteiger partial charge in [0.1, 0.15) is 0 Å². The minimum atomic E-state index is -0.276. The highest BCUT2D eigenvalue weighted by Crippen LogP contribution is 2.20. The summed E-state index contributed by atoms with van der Waals surface area (Å²) < 4.78 is 5.10. The van der Waals surface area contributed by atoms with E-state index in [-0.39, 0.29) is 5.97 Å². The average molecular weight is 313 g/mol. The van der Waals surface area contributed by atoms with Crippen LogP contribution in [-0.4, -0.2) is 42.1 Å². The molecule has 0 bridgehead atoms. The lowest BCUT2D eigenvalue weighted by molar-refractivity contribution is -0.139. The first-order chi connectivity index (χ1) is 11.2. The summed E-state index contributed by atoms with van der Waals surface area (Å²) in [4.78, 5) is 17.5. The number of hydrogen-bond acceptors (Lipinski definition) is 4. The van der Waals surface area contributed by atoms with Crippen molar-refractivity contribution in [3.8, 4) is 0 Å². The topological polar surface area (TPSA) is 71.3 Å². The molecule has 1 aromatic heterocycles. The van der Waals surface area contributed by atoms with Gasteiger partial charge in [0.25, 0.3) is 0 Å². The van der Waals surface area contributed by atoms with Gasteiger partial charge < -0.3 is 15.5 Å². The molecule has 0 spiro atoms. The molecule has 0 amide bonds. The predicted molar refractivity (Wildman–Crippen MR) is 90.9 cm³/mol. The first kappa shape index (κ1) is 15.6. The van der Waals surface area contributed by atoms with Crippen LogP contribution in [0.5, 0.6) is 0 Å². The van der Waals surface area contributed by atoms with E-state index in [1.807, 2.05) is 13.0 Å². The Balaban J connectivity index is 1.64. The Kier molecular flexibility index (Phi) is 4.67. The van der Waals surface area contributed by atoms with Crippen molar-refractivity contribution in [2.24, 2.45) is 5.73 Å². The highest BCUT2D eigenvalue weighted by molar-refractivity contribution is 5.90. The Morgan fingerprint density at radius 2 is 2.22 bits per heavy atom. The minimum absolute atomic E-state index is 0.276. The van der Waals surface area contributed by atoms with Crippen LogP contribution in [-0.2, 0) is 16.0 Å². The van der Waals surface area contributed by atoms with Crippen molar-refractivity contribution < 1.29 is 9.53 Å². The van der Waals surface area contributed by atoms with Crippen LogP contribution in [0.3, 0.4) is 0 Å². The molecular formula is C18H23N3O2. The third-order valence-corrected chi connectivity index (χ3v) is 4.36. The van der Waals surface area contributed by atoms with Crippen LogP contribution in [0.25, 0.3) is 10.9 Å². The lowest BCUT2D eigenvalue weighted by Gasteiger charge is -2.28. The van der Waals surface area contributed by atoms with Crippen molar-refractivity contribution in [3.63, 3.8) is 0 Å². The second-order valence-corrected chi connectivity index (χ2v) is 5.86. The van der Waals surface area contributed by atoms with Crippen molar-refractivity contribution in [2.75, 3.05) is 26.2 Å². The quantitative estimate of drug-likeness (QED) is 0.830. The van der Waals surface area contributed by atoms with Gasteiger partial charge in [-0.2, -0.15) is 0 Å². The third-order valence-electron chi connectivity index (χ3n) is 4.36. The largest absolute Gasteiger partial charge is 0.463 e. The van der Waals surface area contributed by atoms with E-state index in [2.05, 4.69) is 34.3 Å². The van der Waals surface area contributed by atoms with Crippen molar-refractivity contribution in [1.29, 1.82) is 0 Å². The first-order valence-electron chi connectivity index (χ1n) is 8.11. The van der Waals surface area contributed by atoms with Crippen LogP contribution in [0.15, 0.2) is 41.7 Å². The normalized spacial score (nSPS) is 16.0. The molecule has 1 aromatic carbocycles. The molecule has 0 atom stereocenters. The maximum absolute atomic E-state index is 12.0. The Bertz CT molecular complexity index is 733. The second kappa shape index (κ2) is 6.87. The number of rotatable bonds is 5. The molecule has 122 valence electrons. The summed E-state index contributed by atoms with van der Waals surface area (Å²) in [5.74, 6) is -0.276. The molecule has 0 saturated heterocycles. The maximum atomic E-state index is 12.0. The van der Waals surface area contributed by atoms with Gasteiger partial charge in [-0.25, -0.2) is 4.79 Å². The lowest BCUT2D eigenvalue weighted by Crippen LogP contribution is -2.37. The number of carbonyl (C=O) groups excluding carboxylic acids is 1. The van der Waals surface area contributed by atoms with E-state index < -0.39 is 0 Å². The molecule has 0 unspecified atom stereocenters. The predicted octanol–water partition coefficient (Wildman–Crippen LogP) is 2.19. The van der Waals surface area contributed by atoms with Gasteiger partial charge in [0.2, 0.25) is 0 Å². The molecule has 23 heavy (non-hydrogen) atoms. The Morgan fingerprint density at radius 3 is 3.04 bits per heavy atom. The number of H-pyrrole nitrogens is 1. The molecule has 0 saturated carbocycles. The van der Waals surface area contributed by atoms with Gasteiger partial charge >= 0.3 is 5.97 Å². The molecule has 2 aromatic rings. The molecule has 1 aliphatic rings. The molecule has 3 N–H and O–H groups in total. The van der Waals surface area contributed by atoms with Gasteiger partial charge in [0.05, 0.1) is 12.2 Å². The monoisotopic (exact) mass is 313 g/mol. The van der Waals surface area contributed by atoms with E-state index in [0.29, 0.717) is 24.4 Å². The highest BCUT2D eigenvalue weighted by atomic mass is 16.5. The van der Waals surface area contributed by atoms with E-state index in [1.54, 1.807) is 0 Å². The second-order valence-electron chi connectivity index (χ2n) is 5.86. The number of esters is 1. The molecule has 5 heteroatoms. The zero-order valence-electron chi connectivity index (χ0n) is 13.5. The van der Waals surface area contributed by atoms with Crippen LogP contribution in [0.2, 0.25) is 0 Å². The number of aromatic amines is 1. The fraction of sp³-hybridized carbons (Fsp3) is 0.389. The number of nitrogens with zero attached hydrogens (tertiary/aromatic N) is 1. The van der Waals surface area contributed by atoms with Gasteiger partial charge in [-0.05, 0) is 25.0 Å². The van der Waals surface area contributed by atoms with Crippen LogP contribution in [0.4, 0.5) is 0 Å². The van der Waals surface area contributed by atoms with Gasteiger partial charge in [0.15, 0.2) is 0 Å². The number of aromatic nitrogens is 1. The smallest absolute Gasteiger partial charge is 0.337 e. The van der Waals surface area contributed by atoms with Gasteiger partial charge in [-0.3, -0.25) is 4.90 Å². The maximum Gasteiger partial charge on any atom is 0.337 e. The van der Waals surface area contributed by atoms with Crippen LogP contribution in [0.1, 0.15) is 18.9 Å². The molecule has 0 fully saturated rings. The summed E-state index contributed by atoms with van der Waals surface area (Å²) in [6.45, 7) is 4.55. The van der Waals surface area contributed by atoms with E-state index in [0.717, 1.165) is 31.4 Å². The SMILES string of the molecule is CCOC(=O)C1=C(N)CCN(CCc2c[nH]c3ccccc23)C1. The minimum Gasteiger partial charge on any atom is -0.463 e. The zero-order chi connectivity index (χ0) is 16.2. The molecular weight excluding hydrogens is 290 g/mol. The molecule has 5 nitrogen and oxygen atoms in total. The van der Waals surface area contributed by atoms with E-state index in [4.69, 9.17) is 10.5 Å². The third kappa shape index (κ3) is 3.40. The number of para-hydroxylation sites is 1. The van der Waals surface area contributed by atoms with E-state index in [1.165, 1.54) is 10.9 Å². The molecule has 2 heterocycles. The van der Waals surface area contributed by atoms with Crippen molar-refractivity contribution in [3.05, 3.63) is 47.3 Å². The van der Waals surface area contributed by atoms with Gasteiger partial charge in [0, 0.05) is 48.9 Å². The average Bonchev–Trinajstić information content (AvgIpc) is 2.97. The fourth-order valence-corrected chi connectivity index (χ4v) is 3.06. The van der Waals surface area contributed by atoms with Crippen LogP contribution < -0.4 is 5.73 Å². The summed E-state index contributed by atoms with van der Waals surface area (Å²) >= 11 is 0. The van der Waals surface area contributed by atoms with Crippen molar-refractivity contribution >= 4 is 16.9 Å². The van der Waals surface area contributed by atoms with Gasteiger partial charge in [-0.15, -0.1) is 0 Å². The Hall–Kier alpha value is -2.27. The Morgan fingerprint density at radius 1 is 1.39 bits per heavy atom. The lowest BCUT2D eigenvalue weighted by atomic mass is 10.1. The standard InChI is InChI=1S/C18H23N3O2/c1-2-23-18(22)15-12-21(10-8-16(15)19)9-7-13-11-20-17-6-4-3-5-14(13)17/h3-6,11,20H,2,7-10,12,19H2,1H3. The summed E-state index contributed by atoms with van der Waals surface area (Å²) in [6.07, 6.45) is 3.74. The van der Waals surface area contributed by atoms with E-state index >= 15 is 0 Å². The fourth-order valence-electron chi connectivity index (χ4n) is 3.06. The molecule has 1 aliphatic heterocycles. The zero-order valence-corrected chi connectivity index (χ0v) is 13.5. The number of nitrogens with two attached hydrogens (primary N) is 1. The highest BCUT2D eigenvalue weighted by Gasteiger charge is 2.23. The number of hydrogen-bond donors (Lipinski definition) is 2. The molecule has 0 radical (unpaired) electrons. The molecule has 0 aliphatic carbocycles. The Labute approximate surface area is 136 Å². The number of fused-ring (bicyclic) bond motifs is 1. The number of benzene rings is 1. The number of nitrogens with one attached hydrogen (secondary N) is 1. The molecule has 3 rings (SSSR count).